The molecule has 4 aliphatic rings. The average Bonchev–Trinajstić information content (AvgIpc) is 3.44. The van der Waals surface area contributed by atoms with Crippen molar-refractivity contribution in [2.24, 2.45) is 16.7 Å². The second kappa shape index (κ2) is 9.94. The highest BCUT2D eigenvalue weighted by Crippen LogP contribution is 2.56. The molecule has 0 radical (unpaired) electrons. The summed E-state index contributed by atoms with van der Waals surface area (Å²) in [6.45, 7) is 4.49. The van der Waals surface area contributed by atoms with Crippen LogP contribution in [0, 0.1) is 16.7 Å². The molecule has 2 bridgehead atoms. The molecule has 2 amide bonds. The van der Waals surface area contributed by atoms with Crippen molar-refractivity contribution in [1.29, 1.82) is 0 Å². The fourth-order valence-electron chi connectivity index (χ4n) is 6.84. The van der Waals surface area contributed by atoms with E-state index in [4.69, 9.17) is 0 Å². The average molecular weight is 542 g/mol. The summed E-state index contributed by atoms with van der Waals surface area (Å²) in [4.78, 5) is 55.3. The van der Waals surface area contributed by atoms with E-state index in [9.17, 15) is 19.2 Å². The van der Waals surface area contributed by atoms with E-state index in [1.165, 1.54) is 16.1 Å². The van der Waals surface area contributed by atoms with E-state index in [0.29, 0.717) is 24.4 Å². The predicted molar refractivity (Wildman–Crippen MR) is 148 cm³/mol. The van der Waals surface area contributed by atoms with Gasteiger partial charge >= 0.3 is 0 Å². The van der Waals surface area contributed by atoms with Crippen LogP contribution < -0.4 is 10.6 Å². The lowest BCUT2D eigenvalue weighted by Gasteiger charge is -2.52. The molecule has 9 heteroatoms. The number of nitrogens with one attached hydrogen (secondary N) is 2. The quantitative estimate of drug-likeness (QED) is 0.471. The summed E-state index contributed by atoms with van der Waals surface area (Å²) in [5.41, 5.74) is 3.78. The van der Waals surface area contributed by atoms with Gasteiger partial charge in [-0.15, -0.1) is 0 Å². The molecule has 9 nitrogen and oxygen atoms in total. The summed E-state index contributed by atoms with van der Waals surface area (Å²) in [6, 6.07) is 9.15. The molecule has 3 saturated carbocycles. The first-order chi connectivity index (χ1) is 19.2. The zero-order valence-electron chi connectivity index (χ0n) is 23.1. The van der Waals surface area contributed by atoms with Crippen LogP contribution in [0.3, 0.4) is 0 Å². The van der Waals surface area contributed by atoms with Gasteiger partial charge in [0.25, 0.3) is 11.8 Å². The highest BCUT2D eigenvalue weighted by Gasteiger charge is 2.50. The van der Waals surface area contributed by atoms with Crippen molar-refractivity contribution in [3.05, 3.63) is 64.6 Å². The van der Waals surface area contributed by atoms with Gasteiger partial charge in [0.1, 0.15) is 23.0 Å². The van der Waals surface area contributed by atoms with Gasteiger partial charge in [-0.05, 0) is 74.0 Å². The van der Waals surface area contributed by atoms with Gasteiger partial charge < -0.3 is 10.6 Å². The van der Waals surface area contributed by atoms with E-state index in [-0.39, 0.29) is 52.3 Å². The normalized spacial score (nSPS) is 25.4. The molecule has 0 spiro atoms. The van der Waals surface area contributed by atoms with Crippen LogP contribution in [0.2, 0.25) is 0 Å². The maximum atomic E-state index is 13.4. The number of rotatable bonds is 7. The maximum absolute atomic E-state index is 13.4. The van der Waals surface area contributed by atoms with Crippen molar-refractivity contribution in [2.75, 3.05) is 6.54 Å². The van der Waals surface area contributed by atoms with Crippen LogP contribution in [0.1, 0.15) is 90.0 Å². The molecule has 7 rings (SSSR count). The van der Waals surface area contributed by atoms with Crippen LogP contribution in [0.4, 0.5) is 0 Å². The maximum Gasteiger partial charge on any atom is 0.270 e. The van der Waals surface area contributed by atoms with E-state index >= 15 is 0 Å². The smallest absolute Gasteiger partial charge is 0.270 e. The van der Waals surface area contributed by atoms with Crippen LogP contribution in [0.5, 0.6) is 0 Å². The monoisotopic (exact) mass is 541 g/mol. The van der Waals surface area contributed by atoms with E-state index < -0.39 is 0 Å². The molecule has 0 aliphatic heterocycles. The van der Waals surface area contributed by atoms with Gasteiger partial charge in [-0.2, -0.15) is 5.10 Å². The van der Waals surface area contributed by atoms with Crippen LogP contribution in [0.15, 0.2) is 36.5 Å². The SMILES string of the molecule is CC(=O)C12CCC(CNC(=O)c3cc(C(=O)NCc4ccc5c(c4)CC(=O)C(C)C5)nc4ccnn34)(CC1)CC2. The number of hydrogen-bond acceptors (Lipinski definition) is 6. The molecule has 1 atom stereocenters. The van der Waals surface area contributed by atoms with Crippen molar-refractivity contribution >= 4 is 29.0 Å². The lowest BCUT2D eigenvalue weighted by Crippen LogP contribution is -2.49. The molecule has 2 aromatic heterocycles. The Morgan fingerprint density at radius 1 is 0.975 bits per heavy atom. The minimum absolute atomic E-state index is 0.0147. The molecule has 3 aromatic rings. The second-order valence-corrected chi connectivity index (χ2v) is 12.2. The Balaban J connectivity index is 1.14. The number of hydrogen-bond donors (Lipinski definition) is 2. The lowest BCUT2D eigenvalue weighted by molar-refractivity contribution is -0.135. The summed E-state index contributed by atoms with van der Waals surface area (Å²) >= 11 is 0. The first-order valence-electron chi connectivity index (χ1n) is 14.2. The second-order valence-electron chi connectivity index (χ2n) is 12.2. The molecule has 0 saturated heterocycles. The minimum Gasteiger partial charge on any atom is -0.350 e. The van der Waals surface area contributed by atoms with Crippen LogP contribution in [0.25, 0.3) is 5.65 Å². The molecule has 2 heterocycles. The van der Waals surface area contributed by atoms with Crippen LogP contribution in [-0.2, 0) is 29.0 Å². The first-order valence-corrected chi connectivity index (χ1v) is 14.2. The van der Waals surface area contributed by atoms with Gasteiger partial charge in [-0.1, -0.05) is 25.1 Å². The Hall–Kier alpha value is -3.88. The molecule has 40 heavy (non-hydrogen) atoms. The zero-order chi connectivity index (χ0) is 28.1. The number of amides is 2. The molecule has 1 unspecified atom stereocenters. The van der Waals surface area contributed by atoms with Gasteiger partial charge in [0.05, 0.1) is 6.20 Å². The van der Waals surface area contributed by atoms with Crippen molar-refractivity contribution < 1.29 is 19.2 Å². The number of aromatic nitrogens is 3. The largest absolute Gasteiger partial charge is 0.350 e. The lowest BCUT2D eigenvalue weighted by atomic mass is 9.52. The highest BCUT2D eigenvalue weighted by molar-refractivity contribution is 5.98. The number of carbonyl (C=O) groups excluding carboxylic acids is 4. The number of ketones is 2. The Morgan fingerprint density at radius 3 is 2.45 bits per heavy atom. The third kappa shape index (κ3) is 4.71. The van der Waals surface area contributed by atoms with Gasteiger partial charge in [0, 0.05) is 43.0 Å². The third-order valence-corrected chi connectivity index (χ3v) is 9.76. The first kappa shape index (κ1) is 26.3. The zero-order valence-corrected chi connectivity index (χ0v) is 23.1. The molecular weight excluding hydrogens is 506 g/mol. The van der Waals surface area contributed by atoms with E-state index in [1.54, 1.807) is 19.2 Å². The summed E-state index contributed by atoms with van der Waals surface area (Å²) < 4.78 is 1.45. The number of carbonyl (C=O) groups is 4. The van der Waals surface area contributed by atoms with E-state index in [0.717, 1.165) is 56.1 Å². The number of nitrogens with zero attached hydrogens (tertiary/aromatic N) is 3. The standard InChI is InChI=1S/C31H35N5O4/c1-19-13-22-4-3-21(14-23(22)15-26(19)38)17-32-28(39)24-16-25(36-27(35-24)5-12-34-36)29(40)33-18-30-6-9-31(10-7-30,11-8-30)20(2)37/h3-5,12,14,16,19H,6-11,13,15,17-18H2,1-2H3,(H,32,39)(H,33,40). The van der Waals surface area contributed by atoms with Crippen molar-refractivity contribution in [3.8, 4) is 0 Å². The summed E-state index contributed by atoms with van der Waals surface area (Å²) in [5.74, 6) is -0.107. The molecule has 4 aliphatic carbocycles. The Morgan fingerprint density at radius 2 is 1.73 bits per heavy atom. The highest BCUT2D eigenvalue weighted by atomic mass is 16.2. The molecule has 1 aromatic carbocycles. The van der Waals surface area contributed by atoms with Gasteiger partial charge in [-0.25, -0.2) is 9.50 Å². The van der Waals surface area contributed by atoms with Crippen molar-refractivity contribution in [1.82, 2.24) is 25.2 Å². The fraction of sp³-hybridized carbons (Fsp3) is 0.484. The van der Waals surface area contributed by atoms with Crippen molar-refractivity contribution in [2.45, 2.75) is 71.8 Å². The van der Waals surface area contributed by atoms with Crippen LogP contribution >= 0.6 is 0 Å². The molecule has 3 fully saturated rings. The number of fused-ring (bicyclic) bond motifs is 5. The van der Waals surface area contributed by atoms with Gasteiger partial charge in [0.2, 0.25) is 0 Å². The van der Waals surface area contributed by atoms with E-state index in [2.05, 4.69) is 20.7 Å². The Bertz CT molecular complexity index is 1520. The molecule has 2 N–H and O–H groups in total. The minimum atomic E-state index is -0.390. The predicted octanol–water partition coefficient (Wildman–Crippen LogP) is 3.62. The van der Waals surface area contributed by atoms with Gasteiger partial charge in [-0.3, -0.25) is 19.2 Å². The number of Topliss-reactive ketones (excluding diaryl/α,β-unsaturated/α-hetero) is 2. The molecular formula is C31H35N5O4. The summed E-state index contributed by atoms with van der Waals surface area (Å²) in [7, 11) is 0. The van der Waals surface area contributed by atoms with E-state index in [1.807, 2.05) is 25.1 Å². The molecule has 208 valence electrons. The van der Waals surface area contributed by atoms with Crippen LogP contribution in [-0.4, -0.2) is 44.5 Å². The van der Waals surface area contributed by atoms with Gasteiger partial charge in [0.15, 0.2) is 5.65 Å². The topological polar surface area (TPSA) is 123 Å². The Kier molecular flexibility index (Phi) is 6.55. The van der Waals surface area contributed by atoms with Crippen molar-refractivity contribution in [3.63, 3.8) is 0 Å². The summed E-state index contributed by atoms with van der Waals surface area (Å²) in [6.07, 6.45) is 8.20. The fourth-order valence-corrected chi connectivity index (χ4v) is 6.84. The summed E-state index contributed by atoms with van der Waals surface area (Å²) in [5, 5.41) is 10.3. The third-order valence-electron chi connectivity index (χ3n) is 9.76. The Labute approximate surface area is 233 Å². The number of benzene rings is 1.